The SMILES string of the molecule is COc1ccc(CCNC(=O)/C(C#N)=C\NCc2ccccc2F)cc1OC. The lowest BCUT2D eigenvalue weighted by Gasteiger charge is -2.10. The normalized spacial score (nSPS) is 10.7. The van der Waals surface area contributed by atoms with Crippen LogP contribution >= 0.6 is 0 Å². The largest absolute Gasteiger partial charge is 0.493 e. The summed E-state index contributed by atoms with van der Waals surface area (Å²) in [6.07, 6.45) is 1.85. The molecule has 0 radical (unpaired) electrons. The lowest BCUT2D eigenvalue weighted by Crippen LogP contribution is -2.27. The van der Waals surface area contributed by atoms with Gasteiger partial charge in [-0.1, -0.05) is 24.3 Å². The molecule has 6 nitrogen and oxygen atoms in total. The quantitative estimate of drug-likeness (QED) is 0.514. The summed E-state index contributed by atoms with van der Waals surface area (Å²) in [6.45, 7) is 0.525. The Hall–Kier alpha value is -3.53. The fourth-order valence-corrected chi connectivity index (χ4v) is 2.51. The van der Waals surface area contributed by atoms with Crippen molar-refractivity contribution in [3.05, 3.63) is 71.2 Å². The molecule has 0 spiro atoms. The van der Waals surface area contributed by atoms with Crippen molar-refractivity contribution < 1.29 is 18.7 Å². The lowest BCUT2D eigenvalue weighted by molar-refractivity contribution is -0.117. The van der Waals surface area contributed by atoms with Gasteiger partial charge in [-0.15, -0.1) is 0 Å². The second-order valence-electron chi connectivity index (χ2n) is 5.84. The zero-order chi connectivity index (χ0) is 20.4. The highest BCUT2D eigenvalue weighted by Crippen LogP contribution is 2.27. The Morgan fingerprint density at radius 3 is 2.61 bits per heavy atom. The summed E-state index contributed by atoms with van der Waals surface area (Å²) >= 11 is 0. The van der Waals surface area contributed by atoms with Gasteiger partial charge in [0.15, 0.2) is 11.5 Å². The molecule has 0 fully saturated rings. The minimum absolute atomic E-state index is 0.0800. The smallest absolute Gasteiger partial charge is 0.263 e. The van der Waals surface area contributed by atoms with Crippen LogP contribution in [0.25, 0.3) is 0 Å². The zero-order valence-corrected chi connectivity index (χ0v) is 15.8. The predicted octanol–water partition coefficient (Wildman–Crippen LogP) is 2.70. The van der Waals surface area contributed by atoms with E-state index in [1.807, 2.05) is 18.2 Å². The molecule has 7 heteroatoms. The molecule has 0 aromatic heterocycles. The molecule has 2 aromatic carbocycles. The third-order valence-electron chi connectivity index (χ3n) is 4.01. The number of ether oxygens (including phenoxy) is 2. The van der Waals surface area contributed by atoms with Gasteiger partial charge in [-0.25, -0.2) is 4.39 Å². The number of benzene rings is 2. The maximum Gasteiger partial charge on any atom is 0.263 e. The number of nitrogens with zero attached hydrogens (tertiary/aromatic N) is 1. The van der Waals surface area contributed by atoms with Crippen molar-refractivity contribution in [2.75, 3.05) is 20.8 Å². The number of amides is 1. The number of nitriles is 1. The van der Waals surface area contributed by atoms with Gasteiger partial charge < -0.3 is 20.1 Å². The molecule has 2 aromatic rings. The Morgan fingerprint density at radius 2 is 1.93 bits per heavy atom. The number of carbonyl (C=O) groups is 1. The van der Waals surface area contributed by atoms with Crippen molar-refractivity contribution in [2.45, 2.75) is 13.0 Å². The van der Waals surface area contributed by atoms with E-state index >= 15 is 0 Å². The molecule has 2 N–H and O–H groups in total. The third-order valence-corrected chi connectivity index (χ3v) is 4.01. The van der Waals surface area contributed by atoms with E-state index in [2.05, 4.69) is 10.6 Å². The number of halogens is 1. The Balaban J connectivity index is 1.86. The van der Waals surface area contributed by atoms with Crippen molar-refractivity contribution in [2.24, 2.45) is 0 Å². The topological polar surface area (TPSA) is 83.4 Å². The average Bonchev–Trinajstić information content (AvgIpc) is 2.72. The summed E-state index contributed by atoms with van der Waals surface area (Å²) in [7, 11) is 3.12. The first-order chi connectivity index (χ1) is 13.6. The number of rotatable bonds is 9. The van der Waals surface area contributed by atoms with Gasteiger partial charge in [0.2, 0.25) is 0 Å². The Morgan fingerprint density at radius 1 is 1.18 bits per heavy atom. The molecule has 0 atom stereocenters. The molecular formula is C21H22FN3O3. The van der Waals surface area contributed by atoms with E-state index in [9.17, 15) is 9.18 Å². The molecule has 0 saturated heterocycles. The van der Waals surface area contributed by atoms with Crippen molar-refractivity contribution >= 4 is 5.91 Å². The summed E-state index contributed by atoms with van der Waals surface area (Å²) < 4.78 is 24.0. The molecule has 146 valence electrons. The Kier molecular flexibility index (Phi) is 7.85. The van der Waals surface area contributed by atoms with Gasteiger partial charge in [-0.3, -0.25) is 4.79 Å². The number of carbonyl (C=O) groups excluding carboxylic acids is 1. The minimum Gasteiger partial charge on any atom is -0.493 e. The van der Waals surface area contributed by atoms with E-state index in [0.717, 1.165) is 5.56 Å². The summed E-state index contributed by atoms with van der Waals surface area (Å²) in [5, 5.41) is 14.7. The molecule has 2 rings (SSSR count). The van der Waals surface area contributed by atoms with Crippen LogP contribution in [0.3, 0.4) is 0 Å². The van der Waals surface area contributed by atoms with Gasteiger partial charge in [0.25, 0.3) is 5.91 Å². The molecular weight excluding hydrogens is 361 g/mol. The van der Waals surface area contributed by atoms with Crippen molar-refractivity contribution in [1.82, 2.24) is 10.6 Å². The van der Waals surface area contributed by atoms with Crippen LogP contribution in [0.4, 0.5) is 4.39 Å². The molecule has 28 heavy (non-hydrogen) atoms. The first-order valence-electron chi connectivity index (χ1n) is 8.65. The summed E-state index contributed by atoms with van der Waals surface area (Å²) in [4.78, 5) is 12.1. The van der Waals surface area contributed by atoms with Crippen LogP contribution in [0, 0.1) is 17.1 Å². The first-order valence-corrected chi connectivity index (χ1v) is 8.65. The third kappa shape index (κ3) is 5.74. The molecule has 0 heterocycles. The standard InChI is InChI=1S/C21H22FN3O3/c1-27-19-8-7-15(11-20(19)28-2)9-10-25-21(26)17(12-23)14-24-13-16-5-3-4-6-18(16)22/h3-8,11,14,24H,9-10,13H2,1-2H3,(H,25,26)/b17-14-. The van der Waals surface area contributed by atoms with Crippen molar-refractivity contribution in [3.63, 3.8) is 0 Å². The highest BCUT2D eigenvalue weighted by atomic mass is 19.1. The van der Waals surface area contributed by atoms with Crippen LogP contribution < -0.4 is 20.1 Å². The molecule has 0 unspecified atom stereocenters. The van der Waals surface area contributed by atoms with Crippen LogP contribution in [0.2, 0.25) is 0 Å². The molecule has 0 aliphatic rings. The zero-order valence-electron chi connectivity index (χ0n) is 15.8. The van der Waals surface area contributed by atoms with E-state index in [1.165, 1.54) is 12.3 Å². The maximum absolute atomic E-state index is 13.6. The van der Waals surface area contributed by atoms with Gasteiger partial charge >= 0.3 is 0 Å². The number of methoxy groups -OCH3 is 2. The van der Waals surface area contributed by atoms with Crippen LogP contribution in [0.5, 0.6) is 11.5 Å². The lowest BCUT2D eigenvalue weighted by atomic mass is 10.1. The summed E-state index contributed by atoms with van der Waals surface area (Å²) in [6, 6.07) is 13.7. The fourth-order valence-electron chi connectivity index (χ4n) is 2.51. The van der Waals surface area contributed by atoms with E-state index in [-0.39, 0.29) is 17.9 Å². The number of nitrogens with one attached hydrogen (secondary N) is 2. The van der Waals surface area contributed by atoms with Gasteiger partial charge in [0.05, 0.1) is 14.2 Å². The molecule has 0 aliphatic heterocycles. The van der Waals surface area contributed by atoms with Gasteiger partial charge in [0, 0.05) is 24.9 Å². The second-order valence-corrected chi connectivity index (χ2v) is 5.84. The van der Waals surface area contributed by atoms with Crippen LogP contribution in [0.15, 0.2) is 54.2 Å². The van der Waals surface area contributed by atoms with Crippen LogP contribution in [-0.4, -0.2) is 26.7 Å². The number of hydrogen-bond donors (Lipinski definition) is 2. The van der Waals surface area contributed by atoms with Crippen molar-refractivity contribution in [3.8, 4) is 17.6 Å². The average molecular weight is 383 g/mol. The monoisotopic (exact) mass is 383 g/mol. The molecule has 0 saturated carbocycles. The van der Waals surface area contributed by atoms with E-state index in [0.29, 0.717) is 30.0 Å². The van der Waals surface area contributed by atoms with Crippen molar-refractivity contribution in [1.29, 1.82) is 5.26 Å². The highest BCUT2D eigenvalue weighted by molar-refractivity contribution is 5.97. The second kappa shape index (κ2) is 10.6. The highest BCUT2D eigenvalue weighted by Gasteiger charge is 2.09. The Labute approximate surface area is 163 Å². The minimum atomic E-state index is -0.496. The fraction of sp³-hybridized carbons (Fsp3) is 0.238. The van der Waals surface area contributed by atoms with Crippen LogP contribution in [-0.2, 0) is 17.8 Å². The van der Waals surface area contributed by atoms with E-state index < -0.39 is 5.91 Å². The van der Waals surface area contributed by atoms with Gasteiger partial charge in [0.1, 0.15) is 17.5 Å². The first kappa shape index (κ1) is 20.8. The maximum atomic E-state index is 13.6. The van der Waals surface area contributed by atoms with Crippen LogP contribution in [0.1, 0.15) is 11.1 Å². The van der Waals surface area contributed by atoms with E-state index in [1.54, 1.807) is 38.5 Å². The number of hydrogen-bond acceptors (Lipinski definition) is 5. The Bertz CT molecular complexity index is 891. The summed E-state index contributed by atoms with van der Waals surface area (Å²) in [5.74, 6) is 0.400. The predicted molar refractivity (Wildman–Crippen MR) is 103 cm³/mol. The molecule has 1 amide bonds. The van der Waals surface area contributed by atoms with Gasteiger partial charge in [-0.2, -0.15) is 5.26 Å². The van der Waals surface area contributed by atoms with E-state index in [4.69, 9.17) is 14.7 Å². The van der Waals surface area contributed by atoms with Gasteiger partial charge in [-0.05, 0) is 30.2 Å². The summed E-state index contributed by atoms with van der Waals surface area (Å²) in [5.41, 5.74) is 1.33. The molecule has 0 bridgehead atoms. The molecule has 0 aliphatic carbocycles.